The molecule has 0 bridgehead atoms. The second kappa shape index (κ2) is 5.86. The number of nitrogens with zero attached hydrogens (tertiary/aromatic N) is 1. The minimum atomic E-state index is -1.57. The van der Waals surface area contributed by atoms with Crippen molar-refractivity contribution in [3.63, 3.8) is 0 Å². The average molecular weight is 262 g/mol. The monoisotopic (exact) mass is 261 g/mol. The van der Waals surface area contributed by atoms with Crippen LogP contribution in [0.2, 0.25) is 0 Å². The van der Waals surface area contributed by atoms with Gasteiger partial charge >= 0.3 is 6.09 Å². The lowest BCUT2D eigenvalue weighted by Gasteiger charge is -2.16. The molecule has 0 saturated carbocycles. The number of carbonyl (C=O) groups is 1. The van der Waals surface area contributed by atoms with Gasteiger partial charge in [0.2, 0.25) is 0 Å². The Hall–Kier alpha value is -1.07. The van der Waals surface area contributed by atoms with Crippen LogP contribution in [0.15, 0.2) is 35.2 Å². The van der Waals surface area contributed by atoms with Gasteiger partial charge in [0.15, 0.2) is 16.5 Å². The summed E-state index contributed by atoms with van der Waals surface area (Å²) in [6.45, 7) is 1.51. The molecule has 0 aliphatic rings. The van der Waals surface area contributed by atoms with Gasteiger partial charge in [-0.15, -0.1) is 0 Å². The lowest BCUT2D eigenvalue weighted by atomic mass is 10.4. The molecule has 0 radical (unpaired) electrons. The van der Waals surface area contributed by atoms with Crippen molar-refractivity contribution in [1.82, 2.24) is 4.31 Å². The fourth-order valence-electron chi connectivity index (χ4n) is 0.976. The maximum Gasteiger partial charge on any atom is 0.423 e. The first kappa shape index (κ1) is 13.0. The molecule has 0 spiro atoms. The van der Waals surface area contributed by atoms with E-state index in [9.17, 15) is 9.00 Å². The first-order valence-corrected chi connectivity index (χ1v) is 6.12. The molecule has 1 aromatic carbocycles. The minimum Gasteiger partial charge on any atom is -0.429 e. The van der Waals surface area contributed by atoms with Gasteiger partial charge in [-0.25, -0.2) is 13.3 Å². The van der Waals surface area contributed by atoms with Crippen molar-refractivity contribution in [2.24, 2.45) is 0 Å². The summed E-state index contributed by atoms with van der Waals surface area (Å²) in [6.07, 6.45) is -0.718. The van der Waals surface area contributed by atoms with E-state index >= 15 is 0 Å². The quantitative estimate of drug-likeness (QED) is 0.785. The number of rotatable bonds is 3. The molecule has 0 saturated heterocycles. The number of benzene rings is 1. The van der Waals surface area contributed by atoms with Crippen LogP contribution in [-0.2, 0) is 15.7 Å². The smallest absolute Gasteiger partial charge is 0.423 e. The molecule has 0 aromatic heterocycles. The third-order valence-corrected chi connectivity index (χ3v) is 3.12. The predicted octanol–water partition coefficient (Wildman–Crippen LogP) is 2.36. The zero-order valence-electron chi connectivity index (χ0n) is 8.92. The second-order valence-electron chi connectivity index (χ2n) is 2.99. The zero-order chi connectivity index (χ0) is 12.1. The van der Waals surface area contributed by atoms with Crippen LogP contribution in [0.5, 0.6) is 0 Å². The molecule has 16 heavy (non-hydrogen) atoms. The summed E-state index contributed by atoms with van der Waals surface area (Å²) in [4.78, 5) is 11.9. The van der Waals surface area contributed by atoms with Gasteiger partial charge in [-0.05, 0) is 19.1 Å². The van der Waals surface area contributed by atoms with Gasteiger partial charge in [-0.1, -0.05) is 29.8 Å². The molecule has 1 rings (SSSR count). The maximum absolute atomic E-state index is 11.9. The third kappa shape index (κ3) is 3.50. The van der Waals surface area contributed by atoms with Gasteiger partial charge in [-0.3, -0.25) is 0 Å². The fourth-order valence-corrected chi connectivity index (χ4v) is 1.94. The maximum atomic E-state index is 11.9. The van der Waals surface area contributed by atoms with Crippen molar-refractivity contribution in [3.05, 3.63) is 30.3 Å². The van der Waals surface area contributed by atoms with Crippen molar-refractivity contribution < 1.29 is 13.7 Å². The largest absolute Gasteiger partial charge is 0.429 e. The molecule has 6 heteroatoms. The standard InChI is InChI=1S/C10H12ClNO3S/c1-8(11)15-10(13)12(2)16(14)9-6-4-3-5-7-9/h3-8H,1-2H3. The first-order chi connectivity index (χ1) is 7.52. The lowest BCUT2D eigenvalue weighted by Crippen LogP contribution is -2.30. The summed E-state index contributed by atoms with van der Waals surface area (Å²) in [7, 11) is -0.181. The molecule has 0 N–H and O–H groups in total. The number of ether oxygens (including phenoxy) is 1. The Morgan fingerprint density at radius 1 is 1.44 bits per heavy atom. The van der Waals surface area contributed by atoms with Crippen LogP contribution >= 0.6 is 11.6 Å². The zero-order valence-corrected chi connectivity index (χ0v) is 10.5. The molecule has 2 unspecified atom stereocenters. The Morgan fingerprint density at radius 3 is 2.50 bits per heavy atom. The number of halogens is 1. The van der Waals surface area contributed by atoms with E-state index in [1.54, 1.807) is 30.3 Å². The Balaban J connectivity index is 2.72. The topological polar surface area (TPSA) is 46.6 Å². The highest BCUT2D eigenvalue weighted by Crippen LogP contribution is 2.11. The van der Waals surface area contributed by atoms with E-state index in [1.807, 2.05) is 0 Å². The van der Waals surface area contributed by atoms with Crippen LogP contribution in [-0.4, -0.2) is 27.2 Å². The number of alkyl halides is 1. The highest BCUT2D eigenvalue weighted by molar-refractivity contribution is 7.83. The van der Waals surface area contributed by atoms with Gasteiger partial charge in [0, 0.05) is 7.05 Å². The predicted molar refractivity (Wildman–Crippen MR) is 62.4 cm³/mol. The van der Waals surface area contributed by atoms with E-state index in [2.05, 4.69) is 0 Å². The van der Waals surface area contributed by atoms with Gasteiger partial charge < -0.3 is 4.74 Å². The number of hydrogen-bond donors (Lipinski definition) is 0. The Morgan fingerprint density at radius 2 is 2.00 bits per heavy atom. The molecular weight excluding hydrogens is 250 g/mol. The number of amides is 1. The van der Waals surface area contributed by atoms with E-state index in [0.717, 1.165) is 4.31 Å². The van der Waals surface area contributed by atoms with Gasteiger partial charge in [0.25, 0.3) is 0 Å². The van der Waals surface area contributed by atoms with Gasteiger partial charge in [0.1, 0.15) is 0 Å². The Labute approximate surface area is 102 Å². The van der Waals surface area contributed by atoms with Crippen LogP contribution in [0.25, 0.3) is 0 Å². The van der Waals surface area contributed by atoms with Crippen LogP contribution in [0.3, 0.4) is 0 Å². The molecule has 1 aromatic rings. The van der Waals surface area contributed by atoms with E-state index in [0.29, 0.717) is 4.90 Å². The molecular formula is C10H12ClNO3S. The Kier molecular flexibility index (Phi) is 4.76. The highest BCUT2D eigenvalue weighted by Gasteiger charge is 2.19. The van der Waals surface area contributed by atoms with E-state index < -0.39 is 22.6 Å². The van der Waals surface area contributed by atoms with E-state index in [-0.39, 0.29) is 0 Å². The molecule has 4 nitrogen and oxygen atoms in total. The summed E-state index contributed by atoms with van der Waals surface area (Å²) >= 11 is 5.50. The van der Waals surface area contributed by atoms with Gasteiger partial charge in [0.05, 0.1) is 4.90 Å². The minimum absolute atomic E-state index is 0.532. The number of carbonyl (C=O) groups excluding carboxylic acids is 1. The van der Waals surface area contributed by atoms with Crippen LogP contribution < -0.4 is 0 Å². The molecule has 0 heterocycles. The van der Waals surface area contributed by atoms with Crippen molar-refractivity contribution >= 4 is 28.7 Å². The molecule has 0 fully saturated rings. The van der Waals surface area contributed by atoms with Crippen molar-refractivity contribution in [3.8, 4) is 0 Å². The molecule has 88 valence electrons. The first-order valence-electron chi connectivity index (χ1n) is 4.57. The van der Waals surface area contributed by atoms with Crippen LogP contribution in [0.1, 0.15) is 6.92 Å². The average Bonchev–Trinajstić information content (AvgIpc) is 2.27. The highest BCUT2D eigenvalue weighted by atomic mass is 35.5. The molecule has 0 aliphatic carbocycles. The molecule has 0 aliphatic heterocycles. The molecule has 2 atom stereocenters. The number of hydrogen-bond acceptors (Lipinski definition) is 3. The molecule has 1 amide bonds. The lowest BCUT2D eigenvalue weighted by molar-refractivity contribution is 0.124. The summed E-state index contributed by atoms with van der Waals surface area (Å²) < 4.78 is 17.6. The Bertz CT molecular complexity index is 383. The SMILES string of the molecule is CC(Cl)OC(=O)N(C)S(=O)c1ccccc1. The summed E-state index contributed by atoms with van der Waals surface area (Å²) in [5.41, 5.74) is -0.747. The van der Waals surface area contributed by atoms with Gasteiger partial charge in [-0.2, -0.15) is 0 Å². The van der Waals surface area contributed by atoms with E-state index in [1.165, 1.54) is 14.0 Å². The normalized spacial score (nSPS) is 13.9. The summed E-state index contributed by atoms with van der Waals surface area (Å²) in [5.74, 6) is 0. The third-order valence-electron chi connectivity index (χ3n) is 1.71. The van der Waals surface area contributed by atoms with Crippen LogP contribution in [0.4, 0.5) is 4.79 Å². The van der Waals surface area contributed by atoms with Crippen molar-refractivity contribution in [1.29, 1.82) is 0 Å². The fraction of sp³-hybridized carbons (Fsp3) is 0.300. The van der Waals surface area contributed by atoms with E-state index in [4.69, 9.17) is 16.3 Å². The van der Waals surface area contributed by atoms with Crippen LogP contribution in [0, 0.1) is 0 Å². The summed E-state index contributed by atoms with van der Waals surface area (Å²) in [5, 5.41) is 0. The second-order valence-corrected chi connectivity index (χ2v) is 5.12. The van der Waals surface area contributed by atoms with Crippen molar-refractivity contribution in [2.45, 2.75) is 17.4 Å². The summed E-state index contributed by atoms with van der Waals surface area (Å²) in [6, 6.07) is 8.64. The van der Waals surface area contributed by atoms with Crippen molar-refractivity contribution in [2.75, 3.05) is 7.05 Å².